The summed E-state index contributed by atoms with van der Waals surface area (Å²) in [6, 6.07) is 7.07. The number of nitrogens with zero attached hydrogens (tertiary/aromatic N) is 1. The third kappa shape index (κ3) is 4.99. The Kier molecular flexibility index (Phi) is 7.44. The van der Waals surface area contributed by atoms with E-state index in [0.717, 1.165) is 42.6 Å². The third-order valence-corrected chi connectivity index (χ3v) is 6.12. The molecular formula is C22H29N3O4S. The van der Waals surface area contributed by atoms with E-state index in [9.17, 15) is 9.59 Å². The molecule has 1 aromatic rings. The lowest BCUT2D eigenvalue weighted by atomic mass is 9.95. The van der Waals surface area contributed by atoms with Crippen LogP contribution in [-0.2, 0) is 19.1 Å². The summed E-state index contributed by atoms with van der Waals surface area (Å²) in [5, 5.41) is 6.75. The fourth-order valence-electron chi connectivity index (χ4n) is 3.84. The van der Waals surface area contributed by atoms with Gasteiger partial charge in [-0.1, -0.05) is 25.0 Å². The molecule has 1 heterocycles. The van der Waals surface area contributed by atoms with Crippen LogP contribution in [0.4, 0.5) is 5.69 Å². The molecule has 0 bridgehead atoms. The second-order valence-electron chi connectivity index (χ2n) is 7.66. The Morgan fingerprint density at radius 2 is 1.87 bits per heavy atom. The number of nitrogens with one attached hydrogen (secondary N) is 2. The van der Waals surface area contributed by atoms with Crippen LogP contribution in [0, 0.1) is 5.92 Å². The zero-order valence-corrected chi connectivity index (χ0v) is 18.5. The number of hydrogen-bond donors (Lipinski definition) is 2. The van der Waals surface area contributed by atoms with Gasteiger partial charge in [-0.15, -0.1) is 0 Å². The molecule has 1 saturated carbocycles. The summed E-state index contributed by atoms with van der Waals surface area (Å²) >= 11 is 5.42. The molecule has 162 valence electrons. The van der Waals surface area contributed by atoms with Crippen LogP contribution in [-0.4, -0.2) is 49.3 Å². The second-order valence-corrected chi connectivity index (χ2v) is 8.05. The molecule has 1 unspecified atom stereocenters. The highest BCUT2D eigenvalue weighted by atomic mass is 32.1. The number of benzene rings is 1. The third-order valence-electron chi connectivity index (χ3n) is 5.73. The van der Waals surface area contributed by atoms with E-state index in [4.69, 9.17) is 21.7 Å². The highest BCUT2D eigenvalue weighted by Gasteiger charge is 2.33. The van der Waals surface area contributed by atoms with Crippen molar-refractivity contribution in [2.45, 2.75) is 38.6 Å². The van der Waals surface area contributed by atoms with Crippen LogP contribution < -0.4 is 10.6 Å². The number of hydrogen-bond acceptors (Lipinski definition) is 5. The lowest BCUT2D eigenvalue weighted by molar-refractivity contribution is -0.140. The number of carbonyl (C=O) groups is 2. The average molecular weight is 432 g/mol. The Morgan fingerprint density at radius 3 is 2.50 bits per heavy atom. The van der Waals surface area contributed by atoms with Crippen molar-refractivity contribution in [3.63, 3.8) is 0 Å². The van der Waals surface area contributed by atoms with Crippen LogP contribution in [0.5, 0.6) is 0 Å². The van der Waals surface area contributed by atoms with Crippen LogP contribution in [0.2, 0.25) is 0 Å². The lowest BCUT2D eigenvalue weighted by Crippen LogP contribution is -2.46. The Hall–Kier alpha value is -2.45. The first kappa shape index (κ1) is 22.2. The van der Waals surface area contributed by atoms with Crippen molar-refractivity contribution in [3.05, 3.63) is 41.1 Å². The molecule has 1 aliphatic heterocycles. The molecule has 0 aromatic heterocycles. The standard InChI is InChI=1S/C22H29N3O4S/c1-14-18(21(27)29-13-12-28-3)19(24-22(30)25(14)2)15-8-10-17(11-9-15)23-20(26)16-6-4-5-7-16/h8-11,16,19H,4-7,12-13H2,1-3H3,(H,23,26)(H,24,30). The molecule has 1 fully saturated rings. The van der Waals surface area contributed by atoms with Crippen LogP contribution in [0.15, 0.2) is 35.5 Å². The molecule has 8 heteroatoms. The largest absolute Gasteiger partial charge is 0.460 e. The van der Waals surface area contributed by atoms with E-state index in [0.29, 0.717) is 17.3 Å². The Labute approximate surface area is 182 Å². The minimum atomic E-state index is -0.427. The molecule has 7 nitrogen and oxygen atoms in total. The SMILES string of the molecule is COCCOC(=O)C1=C(C)N(C)C(=S)NC1c1ccc(NC(=O)C2CCCC2)cc1. The van der Waals surface area contributed by atoms with Gasteiger partial charge in [0, 0.05) is 31.5 Å². The molecule has 1 aromatic carbocycles. The minimum Gasteiger partial charge on any atom is -0.460 e. The smallest absolute Gasteiger partial charge is 0.338 e. The van der Waals surface area contributed by atoms with E-state index in [-0.39, 0.29) is 18.4 Å². The maximum atomic E-state index is 12.8. The van der Waals surface area contributed by atoms with Gasteiger partial charge in [0.2, 0.25) is 5.91 Å². The second kappa shape index (κ2) is 10.0. The average Bonchev–Trinajstić information content (AvgIpc) is 3.27. The Morgan fingerprint density at radius 1 is 1.20 bits per heavy atom. The first-order chi connectivity index (χ1) is 14.4. The maximum Gasteiger partial charge on any atom is 0.338 e. The predicted molar refractivity (Wildman–Crippen MR) is 119 cm³/mol. The summed E-state index contributed by atoms with van der Waals surface area (Å²) in [5.41, 5.74) is 2.85. The number of thiocarbonyl (C=S) groups is 1. The van der Waals surface area contributed by atoms with E-state index >= 15 is 0 Å². The van der Waals surface area contributed by atoms with Crippen LogP contribution >= 0.6 is 12.2 Å². The molecule has 3 rings (SSSR count). The van der Waals surface area contributed by atoms with Gasteiger partial charge < -0.3 is 25.0 Å². The monoisotopic (exact) mass is 431 g/mol. The van der Waals surface area contributed by atoms with Crippen molar-refractivity contribution in [1.82, 2.24) is 10.2 Å². The van der Waals surface area contributed by atoms with Gasteiger partial charge in [0.1, 0.15) is 6.61 Å². The van der Waals surface area contributed by atoms with E-state index in [2.05, 4.69) is 10.6 Å². The van der Waals surface area contributed by atoms with E-state index < -0.39 is 12.0 Å². The first-order valence-electron chi connectivity index (χ1n) is 10.2. The van der Waals surface area contributed by atoms with Crippen molar-refractivity contribution in [3.8, 4) is 0 Å². The van der Waals surface area contributed by atoms with E-state index in [1.807, 2.05) is 38.2 Å². The van der Waals surface area contributed by atoms with Crippen LogP contribution in [0.25, 0.3) is 0 Å². The molecule has 1 amide bonds. The molecule has 1 aliphatic carbocycles. The topological polar surface area (TPSA) is 79.9 Å². The van der Waals surface area contributed by atoms with Gasteiger partial charge in [-0.25, -0.2) is 4.79 Å². The zero-order valence-electron chi connectivity index (χ0n) is 17.7. The van der Waals surface area contributed by atoms with Gasteiger partial charge in [-0.3, -0.25) is 4.79 Å². The normalized spacial score (nSPS) is 19.6. The van der Waals surface area contributed by atoms with Crippen molar-refractivity contribution in [2.24, 2.45) is 5.92 Å². The highest BCUT2D eigenvalue weighted by Crippen LogP contribution is 2.32. The highest BCUT2D eigenvalue weighted by molar-refractivity contribution is 7.80. The zero-order chi connectivity index (χ0) is 21.7. The number of esters is 1. The first-order valence-corrected chi connectivity index (χ1v) is 10.6. The fourth-order valence-corrected chi connectivity index (χ4v) is 4.09. The Bertz CT molecular complexity index is 831. The summed E-state index contributed by atoms with van der Waals surface area (Å²) in [7, 11) is 3.37. The summed E-state index contributed by atoms with van der Waals surface area (Å²) in [6.07, 6.45) is 4.15. The number of anilines is 1. The van der Waals surface area contributed by atoms with Gasteiger partial charge >= 0.3 is 5.97 Å². The maximum absolute atomic E-state index is 12.8. The molecule has 2 N–H and O–H groups in total. The van der Waals surface area contributed by atoms with Gasteiger partial charge in [0.25, 0.3) is 0 Å². The number of ether oxygens (including phenoxy) is 2. The molecule has 2 aliphatic rings. The van der Waals surface area contributed by atoms with Crippen molar-refractivity contribution >= 4 is 34.9 Å². The van der Waals surface area contributed by atoms with Crippen LogP contribution in [0.1, 0.15) is 44.2 Å². The number of methoxy groups -OCH3 is 1. The molecule has 0 spiro atoms. The lowest BCUT2D eigenvalue weighted by Gasteiger charge is -2.35. The molecule has 30 heavy (non-hydrogen) atoms. The molecular weight excluding hydrogens is 402 g/mol. The van der Waals surface area contributed by atoms with Gasteiger partial charge in [-0.05, 0) is 49.7 Å². The number of allylic oxidation sites excluding steroid dienone is 1. The van der Waals surface area contributed by atoms with Crippen molar-refractivity contribution in [2.75, 3.05) is 32.7 Å². The van der Waals surface area contributed by atoms with E-state index in [1.54, 1.807) is 12.0 Å². The summed E-state index contributed by atoms with van der Waals surface area (Å²) in [6.45, 7) is 2.36. The predicted octanol–water partition coefficient (Wildman–Crippen LogP) is 3.14. The van der Waals surface area contributed by atoms with E-state index in [1.165, 1.54) is 0 Å². The molecule has 0 radical (unpaired) electrons. The van der Waals surface area contributed by atoms with Gasteiger partial charge in [0.05, 0.1) is 18.2 Å². The Balaban J connectivity index is 1.78. The summed E-state index contributed by atoms with van der Waals surface area (Å²) in [4.78, 5) is 26.9. The molecule has 0 saturated heterocycles. The van der Waals surface area contributed by atoms with Crippen molar-refractivity contribution in [1.29, 1.82) is 0 Å². The van der Waals surface area contributed by atoms with Gasteiger partial charge in [0.15, 0.2) is 5.11 Å². The minimum absolute atomic E-state index is 0.0806. The number of amides is 1. The fraction of sp³-hybridized carbons (Fsp3) is 0.500. The molecule has 1 atom stereocenters. The van der Waals surface area contributed by atoms with Crippen LogP contribution in [0.3, 0.4) is 0 Å². The number of rotatable bonds is 7. The van der Waals surface area contributed by atoms with Gasteiger partial charge in [-0.2, -0.15) is 0 Å². The quantitative estimate of drug-likeness (QED) is 0.390. The summed E-state index contributed by atoms with van der Waals surface area (Å²) in [5.74, 6) is -0.219. The van der Waals surface area contributed by atoms with Crippen molar-refractivity contribution < 1.29 is 19.1 Å². The number of carbonyl (C=O) groups excluding carboxylic acids is 2. The summed E-state index contributed by atoms with van der Waals surface area (Å²) < 4.78 is 10.3.